The Hall–Kier alpha value is -5.54. The summed E-state index contributed by atoms with van der Waals surface area (Å²) in [7, 11) is 0. The molecular formula is C40H27N3. The first-order valence-corrected chi connectivity index (χ1v) is 14.9. The van der Waals surface area contributed by atoms with Crippen LogP contribution in [0.25, 0.3) is 77.8 Å². The SMILES string of the molecule is C1=Cc2c(c3ccccc3c3nc(-c4ccc(-c5ccc(-n6c7ccccc7c7ccccc76)cc5)cc4)cnc23)CC1. The summed E-state index contributed by atoms with van der Waals surface area (Å²) in [6.45, 7) is 0. The fourth-order valence-corrected chi connectivity index (χ4v) is 6.87. The number of aryl methyl sites for hydroxylation is 1. The van der Waals surface area contributed by atoms with Crippen LogP contribution < -0.4 is 0 Å². The second kappa shape index (κ2) is 9.50. The Morgan fingerprint density at radius 3 is 1.81 bits per heavy atom. The maximum atomic E-state index is 5.17. The van der Waals surface area contributed by atoms with E-state index < -0.39 is 0 Å². The van der Waals surface area contributed by atoms with Crippen LogP contribution in [0.2, 0.25) is 0 Å². The van der Waals surface area contributed by atoms with Crippen molar-refractivity contribution in [1.82, 2.24) is 14.5 Å². The Bertz CT molecular complexity index is 2320. The number of fused-ring (bicyclic) bond motifs is 9. The van der Waals surface area contributed by atoms with Gasteiger partial charge in [-0.1, -0.05) is 109 Å². The molecule has 6 aromatic carbocycles. The summed E-state index contributed by atoms with van der Waals surface area (Å²) < 4.78 is 2.35. The molecule has 0 aliphatic heterocycles. The Kier molecular flexibility index (Phi) is 5.32. The molecule has 0 atom stereocenters. The molecule has 3 heteroatoms. The molecule has 2 aromatic heterocycles. The van der Waals surface area contributed by atoms with Gasteiger partial charge < -0.3 is 4.57 Å². The number of allylic oxidation sites excluding steroid dienone is 1. The Morgan fingerprint density at radius 1 is 0.535 bits per heavy atom. The highest BCUT2D eigenvalue weighted by molar-refractivity contribution is 6.10. The van der Waals surface area contributed by atoms with Gasteiger partial charge in [0.15, 0.2) is 0 Å². The van der Waals surface area contributed by atoms with Crippen molar-refractivity contribution in [3.05, 3.63) is 145 Å². The molecule has 0 bridgehead atoms. The summed E-state index contributed by atoms with van der Waals surface area (Å²) in [5.41, 5.74) is 12.5. The van der Waals surface area contributed by atoms with Crippen molar-refractivity contribution in [2.45, 2.75) is 12.8 Å². The molecule has 0 radical (unpaired) electrons. The van der Waals surface area contributed by atoms with Crippen LogP contribution in [-0.4, -0.2) is 14.5 Å². The molecular weight excluding hydrogens is 522 g/mol. The van der Waals surface area contributed by atoms with Gasteiger partial charge >= 0.3 is 0 Å². The Morgan fingerprint density at radius 2 is 1.12 bits per heavy atom. The normalized spacial score (nSPS) is 12.8. The van der Waals surface area contributed by atoms with Crippen LogP contribution in [0.4, 0.5) is 0 Å². The zero-order valence-corrected chi connectivity index (χ0v) is 23.5. The fourth-order valence-electron chi connectivity index (χ4n) is 6.87. The average Bonchev–Trinajstić information content (AvgIpc) is 3.43. The number of benzene rings is 6. The lowest BCUT2D eigenvalue weighted by Crippen LogP contribution is -2.00. The molecule has 0 saturated carbocycles. The first-order valence-electron chi connectivity index (χ1n) is 14.9. The number of hydrogen-bond acceptors (Lipinski definition) is 2. The van der Waals surface area contributed by atoms with Crippen molar-refractivity contribution in [2.24, 2.45) is 0 Å². The van der Waals surface area contributed by atoms with Crippen molar-refractivity contribution in [3.63, 3.8) is 0 Å². The van der Waals surface area contributed by atoms with Gasteiger partial charge in [-0.05, 0) is 59.2 Å². The Labute approximate surface area is 249 Å². The van der Waals surface area contributed by atoms with Gasteiger partial charge in [0.05, 0.1) is 34.0 Å². The third-order valence-corrected chi connectivity index (χ3v) is 8.93. The van der Waals surface area contributed by atoms with Crippen LogP contribution in [0, 0.1) is 0 Å². The van der Waals surface area contributed by atoms with E-state index in [1.165, 1.54) is 54.8 Å². The van der Waals surface area contributed by atoms with Gasteiger partial charge in [-0.3, -0.25) is 4.98 Å². The monoisotopic (exact) mass is 549 g/mol. The number of nitrogens with zero attached hydrogens (tertiary/aromatic N) is 3. The van der Waals surface area contributed by atoms with E-state index in [0.29, 0.717) is 0 Å². The zero-order valence-electron chi connectivity index (χ0n) is 23.5. The van der Waals surface area contributed by atoms with Crippen molar-refractivity contribution in [1.29, 1.82) is 0 Å². The second-order valence-corrected chi connectivity index (χ2v) is 11.3. The molecule has 8 aromatic rings. The first-order chi connectivity index (χ1) is 21.3. The van der Waals surface area contributed by atoms with Crippen molar-refractivity contribution >= 4 is 49.7 Å². The molecule has 0 spiro atoms. The minimum absolute atomic E-state index is 0.894. The average molecular weight is 550 g/mol. The molecule has 0 saturated heterocycles. The van der Waals surface area contributed by atoms with E-state index >= 15 is 0 Å². The van der Waals surface area contributed by atoms with Gasteiger partial charge in [0.25, 0.3) is 0 Å². The minimum Gasteiger partial charge on any atom is -0.309 e. The highest BCUT2D eigenvalue weighted by Gasteiger charge is 2.17. The van der Waals surface area contributed by atoms with Gasteiger partial charge in [0.2, 0.25) is 0 Å². The van der Waals surface area contributed by atoms with Crippen LogP contribution in [0.3, 0.4) is 0 Å². The molecule has 2 heterocycles. The summed E-state index contributed by atoms with van der Waals surface area (Å²) in [5.74, 6) is 0. The molecule has 0 unspecified atom stereocenters. The summed E-state index contributed by atoms with van der Waals surface area (Å²) in [5, 5.41) is 5.03. The highest BCUT2D eigenvalue weighted by atomic mass is 15.0. The molecule has 0 amide bonds. The van der Waals surface area contributed by atoms with Crippen LogP contribution >= 0.6 is 0 Å². The molecule has 1 aliphatic rings. The molecule has 0 fully saturated rings. The predicted molar refractivity (Wildman–Crippen MR) is 180 cm³/mol. The standard InChI is InChI=1S/C40H27N3/c1-3-13-34-30(9-1)31-10-2-4-14-35(31)40-39(34)41-25-36(42-40)28-19-17-26(18-20-28)27-21-23-29(24-22-27)43-37-15-7-5-11-32(37)33-12-6-8-16-38(33)43/h2-8,10-25H,1,9H2. The van der Waals surface area contributed by atoms with E-state index in [4.69, 9.17) is 9.97 Å². The number of aromatic nitrogens is 3. The fraction of sp³-hybridized carbons (Fsp3) is 0.0500. The highest BCUT2D eigenvalue weighted by Crippen LogP contribution is 2.36. The van der Waals surface area contributed by atoms with Crippen molar-refractivity contribution in [2.75, 3.05) is 0 Å². The van der Waals surface area contributed by atoms with E-state index in [1.54, 1.807) is 0 Å². The lowest BCUT2D eigenvalue weighted by molar-refractivity contribution is 0.998. The number of rotatable bonds is 3. The third-order valence-electron chi connectivity index (χ3n) is 8.93. The topological polar surface area (TPSA) is 30.7 Å². The smallest absolute Gasteiger partial charge is 0.0979 e. The number of hydrogen-bond donors (Lipinski definition) is 0. The molecule has 0 N–H and O–H groups in total. The first kappa shape index (κ1) is 24.1. The molecule has 9 rings (SSSR count). The number of para-hydroxylation sites is 2. The van der Waals surface area contributed by atoms with E-state index in [2.05, 4.69) is 138 Å². The quantitative estimate of drug-likeness (QED) is 0.205. The maximum absolute atomic E-state index is 5.17. The summed E-state index contributed by atoms with van der Waals surface area (Å²) in [4.78, 5) is 10.1. The Balaban J connectivity index is 1.08. The van der Waals surface area contributed by atoms with Crippen molar-refractivity contribution in [3.8, 4) is 28.1 Å². The van der Waals surface area contributed by atoms with Crippen LogP contribution in [0.15, 0.2) is 134 Å². The van der Waals surface area contributed by atoms with E-state index in [1.807, 2.05) is 6.20 Å². The van der Waals surface area contributed by atoms with Crippen LogP contribution in [0.1, 0.15) is 17.5 Å². The van der Waals surface area contributed by atoms with Crippen molar-refractivity contribution < 1.29 is 0 Å². The lowest BCUT2D eigenvalue weighted by atomic mass is 9.90. The molecule has 202 valence electrons. The van der Waals surface area contributed by atoms with Gasteiger partial charge in [-0.25, -0.2) is 4.98 Å². The molecule has 1 aliphatic carbocycles. The largest absolute Gasteiger partial charge is 0.309 e. The molecule has 43 heavy (non-hydrogen) atoms. The minimum atomic E-state index is 0.894. The van der Waals surface area contributed by atoms with E-state index in [0.717, 1.165) is 40.8 Å². The van der Waals surface area contributed by atoms with Gasteiger partial charge in [0.1, 0.15) is 0 Å². The van der Waals surface area contributed by atoms with Crippen LogP contribution in [-0.2, 0) is 6.42 Å². The summed E-state index contributed by atoms with van der Waals surface area (Å²) in [6, 6.07) is 43.4. The van der Waals surface area contributed by atoms with E-state index in [-0.39, 0.29) is 0 Å². The van der Waals surface area contributed by atoms with Gasteiger partial charge in [0, 0.05) is 33.0 Å². The van der Waals surface area contributed by atoms with E-state index in [9.17, 15) is 0 Å². The second-order valence-electron chi connectivity index (χ2n) is 11.3. The maximum Gasteiger partial charge on any atom is 0.0979 e. The third kappa shape index (κ3) is 3.75. The molecule has 3 nitrogen and oxygen atoms in total. The van der Waals surface area contributed by atoms with Crippen LogP contribution in [0.5, 0.6) is 0 Å². The summed E-state index contributed by atoms with van der Waals surface area (Å²) in [6.07, 6.45) is 8.52. The van der Waals surface area contributed by atoms with Gasteiger partial charge in [-0.15, -0.1) is 0 Å². The van der Waals surface area contributed by atoms with Gasteiger partial charge in [-0.2, -0.15) is 0 Å². The lowest BCUT2D eigenvalue weighted by Gasteiger charge is -2.17. The summed E-state index contributed by atoms with van der Waals surface area (Å²) >= 11 is 0. The predicted octanol–water partition coefficient (Wildman–Crippen LogP) is 10.2. The zero-order chi connectivity index (χ0) is 28.3.